The molecular weight excluding hydrogens is 582 g/mol. The van der Waals surface area contributed by atoms with E-state index in [0.29, 0.717) is 28.2 Å². The maximum absolute atomic E-state index is 13.6. The summed E-state index contributed by atoms with van der Waals surface area (Å²) < 4.78 is 9.05. The van der Waals surface area contributed by atoms with Gasteiger partial charge >= 0.3 is 0 Å². The number of amides is 1. The lowest BCUT2D eigenvalue weighted by molar-refractivity contribution is -0.114. The Morgan fingerprint density at radius 1 is 1.05 bits per heavy atom. The SMILES string of the molecule is Cc1ccc(N2C(=O)/C(=C/c3cn(CCCOc4ccccc4Cl)c4ccc(Br)cc34)N(C)C2=S)cc1C. The summed E-state index contributed by atoms with van der Waals surface area (Å²) in [4.78, 5) is 17.0. The summed E-state index contributed by atoms with van der Waals surface area (Å²) in [5.41, 5.74) is 5.64. The van der Waals surface area contributed by atoms with Crippen molar-refractivity contribution in [3.05, 3.63) is 98.7 Å². The summed E-state index contributed by atoms with van der Waals surface area (Å²) in [6, 6.07) is 19.6. The molecule has 5 rings (SSSR count). The Hall–Kier alpha value is -3.13. The molecule has 0 bridgehead atoms. The number of aromatic nitrogens is 1. The van der Waals surface area contributed by atoms with Gasteiger partial charge in [0.05, 0.1) is 17.3 Å². The number of fused-ring (bicyclic) bond motifs is 1. The predicted octanol–water partition coefficient (Wildman–Crippen LogP) is 7.75. The van der Waals surface area contributed by atoms with Crippen molar-refractivity contribution >= 4 is 73.4 Å². The first-order valence-corrected chi connectivity index (χ1v) is 13.9. The highest BCUT2D eigenvalue weighted by molar-refractivity contribution is 9.10. The van der Waals surface area contributed by atoms with E-state index in [-0.39, 0.29) is 5.91 Å². The number of anilines is 1. The van der Waals surface area contributed by atoms with Crippen LogP contribution in [-0.4, -0.2) is 34.1 Å². The second kappa shape index (κ2) is 10.9. The van der Waals surface area contributed by atoms with Crippen LogP contribution < -0.4 is 9.64 Å². The van der Waals surface area contributed by atoms with Gasteiger partial charge in [-0.15, -0.1) is 0 Å². The van der Waals surface area contributed by atoms with Crippen molar-refractivity contribution in [3.63, 3.8) is 0 Å². The van der Waals surface area contributed by atoms with E-state index in [9.17, 15) is 4.79 Å². The van der Waals surface area contributed by atoms with Crippen molar-refractivity contribution < 1.29 is 9.53 Å². The number of likely N-dealkylation sites (N-methyl/N-ethyl adjacent to an activating group) is 1. The third kappa shape index (κ3) is 5.10. The summed E-state index contributed by atoms with van der Waals surface area (Å²) >= 11 is 15.5. The summed E-state index contributed by atoms with van der Waals surface area (Å²) in [7, 11) is 1.84. The van der Waals surface area contributed by atoms with E-state index in [0.717, 1.165) is 45.2 Å². The third-order valence-corrected chi connectivity index (χ3v) is 8.08. The van der Waals surface area contributed by atoms with Gasteiger partial charge in [0.1, 0.15) is 11.4 Å². The average Bonchev–Trinajstić information content (AvgIpc) is 3.33. The molecule has 0 spiro atoms. The molecule has 2 heterocycles. The average molecular weight is 609 g/mol. The number of thiocarbonyl (C=S) groups is 1. The normalized spacial score (nSPS) is 14.8. The van der Waals surface area contributed by atoms with Gasteiger partial charge in [-0.3, -0.25) is 9.69 Å². The molecule has 4 aromatic rings. The molecule has 3 aromatic carbocycles. The molecule has 1 aliphatic rings. The first-order valence-electron chi connectivity index (χ1n) is 12.3. The lowest BCUT2D eigenvalue weighted by Crippen LogP contribution is -2.31. The van der Waals surface area contributed by atoms with Crippen molar-refractivity contribution in [2.24, 2.45) is 0 Å². The molecular formula is C30H27BrClN3O2S. The Kier molecular flexibility index (Phi) is 7.61. The Labute approximate surface area is 241 Å². The van der Waals surface area contributed by atoms with Gasteiger partial charge in [0.2, 0.25) is 0 Å². The van der Waals surface area contributed by atoms with Crippen molar-refractivity contribution in [3.8, 4) is 5.75 Å². The zero-order valence-corrected chi connectivity index (χ0v) is 24.5. The number of aryl methyl sites for hydroxylation is 3. The molecule has 38 heavy (non-hydrogen) atoms. The third-order valence-electron chi connectivity index (χ3n) is 6.81. The Morgan fingerprint density at radius 2 is 1.84 bits per heavy atom. The zero-order chi connectivity index (χ0) is 27.0. The van der Waals surface area contributed by atoms with E-state index >= 15 is 0 Å². The smallest absolute Gasteiger partial charge is 0.281 e. The van der Waals surface area contributed by atoms with Crippen LogP contribution in [0.1, 0.15) is 23.1 Å². The summed E-state index contributed by atoms with van der Waals surface area (Å²) in [6.45, 7) is 5.38. The van der Waals surface area contributed by atoms with Crippen LogP contribution in [0.15, 0.2) is 77.0 Å². The number of para-hydroxylation sites is 1. The van der Waals surface area contributed by atoms with E-state index in [1.807, 2.05) is 68.6 Å². The van der Waals surface area contributed by atoms with Crippen LogP contribution in [0.3, 0.4) is 0 Å². The molecule has 8 heteroatoms. The van der Waals surface area contributed by atoms with E-state index in [1.165, 1.54) is 5.56 Å². The highest BCUT2D eigenvalue weighted by atomic mass is 79.9. The zero-order valence-electron chi connectivity index (χ0n) is 21.4. The quantitative estimate of drug-likeness (QED) is 0.122. The Bertz CT molecular complexity index is 1600. The van der Waals surface area contributed by atoms with Gasteiger partial charge in [0.15, 0.2) is 5.11 Å². The van der Waals surface area contributed by atoms with E-state index in [1.54, 1.807) is 9.80 Å². The molecule has 1 saturated heterocycles. The fraction of sp³-hybridized carbons (Fsp3) is 0.200. The number of carbonyl (C=O) groups excluding carboxylic acids is 1. The topological polar surface area (TPSA) is 37.7 Å². The largest absolute Gasteiger partial charge is 0.492 e. The van der Waals surface area contributed by atoms with E-state index in [4.69, 9.17) is 28.6 Å². The van der Waals surface area contributed by atoms with Crippen LogP contribution in [0.2, 0.25) is 5.02 Å². The van der Waals surface area contributed by atoms with Crippen molar-refractivity contribution in [2.45, 2.75) is 26.8 Å². The number of hydrogen-bond donors (Lipinski definition) is 0. The molecule has 5 nitrogen and oxygen atoms in total. The maximum atomic E-state index is 13.6. The number of benzene rings is 3. The molecule has 194 valence electrons. The maximum Gasteiger partial charge on any atom is 0.281 e. The fourth-order valence-electron chi connectivity index (χ4n) is 4.57. The summed E-state index contributed by atoms with van der Waals surface area (Å²) in [6.07, 6.45) is 4.81. The highest BCUT2D eigenvalue weighted by Crippen LogP contribution is 2.32. The molecule has 1 fully saturated rings. The minimum atomic E-state index is -0.134. The van der Waals surface area contributed by atoms with Crippen LogP contribution in [0.4, 0.5) is 5.69 Å². The van der Waals surface area contributed by atoms with Gasteiger partial charge in [0, 0.05) is 40.7 Å². The molecule has 1 amide bonds. The van der Waals surface area contributed by atoms with Gasteiger partial charge < -0.3 is 14.2 Å². The first-order chi connectivity index (χ1) is 18.2. The fourth-order valence-corrected chi connectivity index (χ4v) is 5.41. The lowest BCUT2D eigenvalue weighted by atomic mass is 10.1. The molecule has 1 aliphatic heterocycles. The first kappa shape index (κ1) is 26.5. The van der Waals surface area contributed by atoms with E-state index < -0.39 is 0 Å². The monoisotopic (exact) mass is 607 g/mol. The summed E-state index contributed by atoms with van der Waals surface area (Å²) in [5.74, 6) is 0.553. The van der Waals surface area contributed by atoms with Crippen LogP contribution in [0.25, 0.3) is 17.0 Å². The van der Waals surface area contributed by atoms with Crippen LogP contribution in [-0.2, 0) is 11.3 Å². The molecule has 0 unspecified atom stereocenters. The molecule has 0 saturated carbocycles. The second-order valence-corrected chi connectivity index (χ2v) is 11.0. The number of ether oxygens (including phenoxy) is 1. The lowest BCUT2D eigenvalue weighted by Gasteiger charge is -2.17. The number of nitrogens with zero attached hydrogens (tertiary/aromatic N) is 3. The Morgan fingerprint density at radius 3 is 2.61 bits per heavy atom. The molecule has 0 radical (unpaired) electrons. The number of rotatable bonds is 7. The van der Waals surface area contributed by atoms with Gasteiger partial charge in [-0.1, -0.05) is 45.7 Å². The van der Waals surface area contributed by atoms with Gasteiger partial charge in [-0.25, -0.2) is 0 Å². The Balaban J connectivity index is 1.42. The van der Waals surface area contributed by atoms with Crippen LogP contribution in [0, 0.1) is 13.8 Å². The van der Waals surface area contributed by atoms with Gasteiger partial charge in [-0.05, 0) is 92.2 Å². The molecule has 0 atom stereocenters. The van der Waals surface area contributed by atoms with Crippen LogP contribution in [0.5, 0.6) is 5.75 Å². The molecule has 0 N–H and O–H groups in total. The van der Waals surface area contributed by atoms with Crippen molar-refractivity contribution in [1.29, 1.82) is 0 Å². The summed E-state index contributed by atoms with van der Waals surface area (Å²) in [5, 5.41) is 2.12. The molecule has 1 aromatic heterocycles. The van der Waals surface area contributed by atoms with Crippen molar-refractivity contribution in [2.75, 3.05) is 18.6 Å². The number of carbonyl (C=O) groups is 1. The van der Waals surface area contributed by atoms with Gasteiger partial charge in [0.25, 0.3) is 5.91 Å². The van der Waals surface area contributed by atoms with E-state index in [2.05, 4.69) is 45.8 Å². The van der Waals surface area contributed by atoms with Crippen LogP contribution >= 0.6 is 39.7 Å². The molecule has 0 aliphatic carbocycles. The predicted molar refractivity (Wildman–Crippen MR) is 163 cm³/mol. The standard InChI is InChI=1S/C30H27BrClN3O2S/c1-19-9-11-23(15-20(19)2)35-29(36)27(33(3)30(35)38)16-21-18-34(26-12-10-22(31)17-24(21)26)13-6-14-37-28-8-5-4-7-25(28)32/h4-5,7-12,15-18H,6,13-14H2,1-3H3/b27-16-. The van der Waals surface area contributed by atoms with Crippen molar-refractivity contribution in [1.82, 2.24) is 9.47 Å². The minimum Gasteiger partial charge on any atom is -0.492 e. The number of hydrogen-bond acceptors (Lipinski definition) is 3. The second-order valence-electron chi connectivity index (χ2n) is 9.35. The number of halogens is 2. The highest BCUT2D eigenvalue weighted by Gasteiger charge is 2.37. The minimum absolute atomic E-state index is 0.134. The van der Waals surface area contributed by atoms with Gasteiger partial charge in [-0.2, -0.15) is 0 Å².